The molecule has 0 fully saturated rings. The molecule has 0 saturated carbocycles. The van der Waals surface area contributed by atoms with E-state index in [1.54, 1.807) is 17.8 Å². The Morgan fingerprint density at radius 2 is 2.08 bits per heavy atom. The number of fused-ring (bicyclic) bond motifs is 1. The number of hydrogen-bond donors (Lipinski definition) is 0. The Morgan fingerprint density at radius 1 is 1.21 bits per heavy atom. The van der Waals surface area contributed by atoms with Crippen molar-refractivity contribution in [1.29, 1.82) is 0 Å². The van der Waals surface area contributed by atoms with Crippen LogP contribution in [0.4, 0.5) is 0 Å². The maximum atomic E-state index is 5.76. The van der Waals surface area contributed by atoms with Gasteiger partial charge < -0.3 is 9.47 Å². The Hall–Kier alpha value is -2.67. The number of aromatic nitrogens is 4. The summed E-state index contributed by atoms with van der Waals surface area (Å²) in [5.41, 5.74) is 1.07. The summed E-state index contributed by atoms with van der Waals surface area (Å²) in [5.74, 6) is 2.88. The van der Waals surface area contributed by atoms with Crippen molar-refractivity contribution >= 4 is 5.78 Å². The van der Waals surface area contributed by atoms with Crippen LogP contribution in [-0.4, -0.2) is 45.2 Å². The van der Waals surface area contributed by atoms with Gasteiger partial charge in [0, 0.05) is 24.5 Å². The minimum atomic E-state index is 0.594. The molecule has 7 nitrogen and oxygen atoms in total. The van der Waals surface area contributed by atoms with E-state index in [0.717, 1.165) is 22.9 Å². The highest BCUT2D eigenvalue weighted by Gasteiger charge is 2.14. The number of rotatable bonds is 7. The van der Waals surface area contributed by atoms with Gasteiger partial charge in [0.1, 0.15) is 0 Å². The molecular formula is C17H21N5O2. The second-order valence-corrected chi connectivity index (χ2v) is 5.45. The highest BCUT2D eigenvalue weighted by atomic mass is 16.5. The summed E-state index contributed by atoms with van der Waals surface area (Å²) >= 11 is 0. The van der Waals surface area contributed by atoms with Gasteiger partial charge in [-0.2, -0.15) is 4.98 Å². The molecule has 0 radical (unpaired) electrons. The van der Waals surface area contributed by atoms with Gasteiger partial charge >= 0.3 is 0 Å². The molecule has 0 aliphatic carbocycles. The number of methoxy groups -OCH3 is 1. The summed E-state index contributed by atoms with van der Waals surface area (Å²) in [4.78, 5) is 10.7. The van der Waals surface area contributed by atoms with Crippen molar-refractivity contribution in [2.75, 3.05) is 20.8 Å². The third-order valence-corrected chi connectivity index (χ3v) is 3.58. The normalized spacial score (nSPS) is 11.2. The summed E-state index contributed by atoms with van der Waals surface area (Å²) in [6.45, 7) is 3.88. The zero-order chi connectivity index (χ0) is 16.9. The highest BCUT2D eigenvalue weighted by Crippen LogP contribution is 2.31. The molecule has 0 spiro atoms. The number of hydrogen-bond acceptors (Lipinski definition) is 6. The van der Waals surface area contributed by atoms with E-state index in [1.165, 1.54) is 0 Å². The van der Waals surface area contributed by atoms with E-state index < -0.39 is 0 Å². The summed E-state index contributed by atoms with van der Waals surface area (Å²) in [7, 11) is 3.67. The van der Waals surface area contributed by atoms with Gasteiger partial charge in [-0.15, -0.1) is 5.10 Å². The van der Waals surface area contributed by atoms with E-state index in [0.29, 0.717) is 25.5 Å². The molecule has 2 heterocycles. The maximum absolute atomic E-state index is 5.76. The molecule has 0 amide bonds. The van der Waals surface area contributed by atoms with Crippen molar-refractivity contribution in [2.45, 2.75) is 20.0 Å². The Morgan fingerprint density at radius 3 is 2.83 bits per heavy atom. The smallest absolute Gasteiger partial charge is 0.252 e. The number of ether oxygens (including phenoxy) is 2. The van der Waals surface area contributed by atoms with Gasteiger partial charge in [0.05, 0.1) is 20.3 Å². The van der Waals surface area contributed by atoms with Gasteiger partial charge in [-0.05, 0) is 26.1 Å². The Labute approximate surface area is 140 Å². The Balaban J connectivity index is 1.75. The lowest BCUT2D eigenvalue weighted by Crippen LogP contribution is -2.19. The number of para-hydroxylation sites is 1. The molecule has 0 saturated heterocycles. The van der Waals surface area contributed by atoms with Crippen molar-refractivity contribution in [2.24, 2.45) is 0 Å². The van der Waals surface area contributed by atoms with Gasteiger partial charge in [0.15, 0.2) is 17.3 Å². The lowest BCUT2D eigenvalue weighted by molar-refractivity contribution is 0.281. The molecule has 2 aromatic heterocycles. The molecule has 1 aromatic carbocycles. The largest absolute Gasteiger partial charge is 0.493 e. The van der Waals surface area contributed by atoms with E-state index in [9.17, 15) is 0 Å². The lowest BCUT2D eigenvalue weighted by Gasteiger charge is -2.19. The predicted octanol–water partition coefficient (Wildman–Crippen LogP) is 2.16. The molecule has 3 rings (SSSR count). The van der Waals surface area contributed by atoms with Crippen molar-refractivity contribution < 1.29 is 9.47 Å². The topological polar surface area (TPSA) is 64.8 Å². The van der Waals surface area contributed by atoms with Crippen LogP contribution in [0.25, 0.3) is 5.78 Å². The quantitative estimate of drug-likeness (QED) is 0.662. The third-order valence-electron chi connectivity index (χ3n) is 3.58. The molecule has 0 atom stereocenters. The monoisotopic (exact) mass is 327 g/mol. The van der Waals surface area contributed by atoms with Crippen LogP contribution in [-0.2, 0) is 13.1 Å². The summed E-state index contributed by atoms with van der Waals surface area (Å²) in [5, 5.41) is 4.43. The van der Waals surface area contributed by atoms with Crippen LogP contribution in [0.15, 0.2) is 36.7 Å². The van der Waals surface area contributed by atoms with Crippen LogP contribution in [0.1, 0.15) is 18.3 Å². The minimum Gasteiger partial charge on any atom is -0.493 e. The van der Waals surface area contributed by atoms with Gasteiger partial charge in [0.2, 0.25) is 0 Å². The molecule has 7 heteroatoms. The van der Waals surface area contributed by atoms with Crippen LogP contribution >= 0.6 is 0 Å². The van der Waals surface area contributed by atoms with Gasteiger partial charge in [-0.3, -0.25) is 4.90 Å². The fourth-order valence-corrected chi connectivity index (χ4v) is 2.59. The predicted molar refractivity (Wildman–Crippen MR) is 90.1 cm³/mol. The summed E-state index contributed by atoms with van der Waals surface area (Å²) in [6, 6.07) is 7.75. The SMILES string of the molecule is CCOc1c(CN(C)Cc2nc3ncccn3n2)cccc1OC. The minimum absolute atomic E-state index is 0.594. The van der Waals surface area contributed by atoms with Crippen LogP contribution in [0.3, 0.4) is 0 Å². The zero-order valence-corrected chi connectivity index (χ0v) is 14.1. The molecule has 0 unspecified atom stereocenters. The molecule has 24 heavy (non-hydrogen) atoms. The summed E-state index contributed by atoms with van der Waals surface area (Å²) < 4.78 is 12.8. The van der Waals surface area contributed by atoms with Crippen molar-refractivity contribution in [3.63, 3.8) is 0 Å². The van der Waals surface area contributed by atoms with Crippen molar-refractivity contribution in [3.8, 4) is 11.5 Å². The van der Waals surface area contributed by atoms with Gasteiger partial charge in [-0.1, -0.05) is 12.1 Å². The van der Waals surface area contributed by atoms with Crippen molar-refractivity contribution in [1.82, 2.24) is 24.5 Å². The van der Waals surface area contributed by atoms with E-state index in [4.69, 9.17) is 9.47 Å². The average Bonchev–Trinajstić information content (AvgIpc) is 2.98. The number of benzene rings is 1. The average molecular weight is 327 g/mol. The Kier molecular flexibility index (Phi) is 4.90. The summed E-state index contributed by atoms with van der Waals surface area (Å²) in [6.07, 6.45) is 3.55. The van der Waals surface area contributed by atoms with E-state index >= 15 is 0 Å². The van der Waals surface area contributed by atoms with Crippen LogP contribution < -0.4 is 9.47 Å². The molecule has 3 aromatic rings. The first-order valence-corrected chi connectivity index (χ1v) is 7.84. The van der Waals surface area contributed by atoms with E-state index in [-0.39, 0.29) is 0 Å². The second-order valence-electron chi connectivity index (χ2n) is 5.45. The molecule has 0 aliphatic rings. The highest BCUT2D eigenvalue weighted by molar-refractivity contribution is 5.46. The fourth-order valence-electron chi connectivity index (χ4n) is 2.59. The molecule has 0 aliphatic heterocycles. The molecular weight excluding hydrogens is 306 g/mol. The Bertz CT molecular complexity index is 785. The standard InChI is InChI=1S/C17H21N5O2/c1-4-24-16-13(7-5-8-14(16)23-3)11-21(2)12-15-19-17-18-9-6-10-22(17)20-15/h5-10H,4,11-12H2,1-3H3. The number of nitrogens with zero attached hydrogens (tertiary/aromatic N) is 5. The third kappa shape index (κ3) is 3.46. The first-order chi connectivity index (χ1) is 11.7. The zero-order valence-electron chi connectivity index (χ0n) is 14.1. The lowest BCUT2D eigenvalue weighted by atomic mass is 10.1. The molecule has 126 valence electrons. The van der Waals surface area contributed by atoms with Gasteiger partial charge in [0.25, 0.3) is 5.78 Å². The first kappa shape index (κ1) is 16.2. The van der Waals surface area contributed by atoms with Crippen LogP contribution in [0.5, 0.6) is 11.5 Å². The molecule has 0 bridgehead atoms. The maximum Gasteiger partial charge on any atom is 0.252 e. The second kappa shape index (κ2) is 7.27. The van der Waals surface area contributed by atoms with Gasteiger partial charge in [-0.25, -0.2) is 9.50 Å². The van der Waals surface area contributed by atoms with Crippen LogP contribution in [0, 0.1) is 0 Å². The van der Waals surface area contributed by atoms with E-state index in [1.807, 2.05) is 44.4 Å². The fraction of sp³-hybridized carbons (Fsp3) is 0.353. The molecule has 0 N–H and O–H groups in total. The first-order valence-electron chi connectivity index (χ1n) is 7.84. The van der Waals surface area contributed by atoms with E-state index in [2.05, 4.69) is 20.0 Å². The van der Waals surface area contributed by atoms with Crippen molar-refractivity contribution in [3.05, 3.63) is 48.0 Å². The van der Waals surface area contributed by atoms with Crippen LogP contribution in [0.2, 0.25) is 0 Å².